The van der Waals surface area contributed by atoms with E-state index in [0.717, 1.165) is 22.3 Å². The van der Waals surface area contributed by atoms with Gasteiger partial charge in [-0.05, 0) is 44.0 Å². The van der Waals surface area contributed by atoms with Crippen LogP contribution in [0.25, 0.3) is 0 Å². The van der Waals surface area contributed by atoms with Crippen LogP contribution in [0.4, 0.5) is 0 Å². The topological polar surface area (TPSA) is 26.3 Å². The maximum atomic E-state index is 12.5. The Morgan fingerprint density at radius 3 is 2.25 bits per heavy atom. The lowest BCUT2D eigenvalue weighted by atomic mass is 10.1. The van der Waals surface area contributed by atoms with Crippen molar-refractivity contribution in [1.29, 1.82) is 0 Å². The molecule has 20 heavy (non-hydrogen) atoms. The third-order valence-corrected chi connectivity index (χ3v) is 5.33. The minimum Gasteiger partial charge on any atom is -0.282 e. The Hall–Kier alpha value is -1.23. The molecule has 0 aliphatic heterocycles. The fourth-order valence-corrected chi connectivity index (χ4v) is 3.24. The summed E-state index contributed by atoms with van der Waals surface area (Å²) in [7, 11) is -2.87. The first-order chi connectivity index (χ1) is 9.38. The summed E-state index contributed by atoms with van der Waals surface area (Å²) < 4.78 is 18.0. The van der Waals surface area contributed by atoms with Gasteiger partial charge < -0.3 is 0 Å². The average Bonchev–Trinajstić information content (AvgIpc) is 2.40. The molecule has 0 aliphatic carbocycles. The summed E-state index contributed by atoms with van der Waals surface area (Å²) >= 11 is 5.13. The number of rotatable bonds is 4. The van der Waals surface area contributed by atoms with E-state index in [2.05, 4.69) is 0 Å². The molecule has 0 bridgehead atoms. The van der Waals surface area contributed by atoms with E-state index in [1.165, 1.54) is 0 Å². The van der Waals surface area contributed by atoms with Gasteiger partial charge in [0.1, 0.15) is 0 Å². The second kappa shape index (κ2) is 6.04. The van der Waals surface area contributed by atoms with Crippen LogP contribution in [-0.4, -0.2) is 4.21 Å². The van der Waals surface area contributed by atoms with Crippen LogP contribution < -0.4 is 0 Å². The van der Waals surface area contributed by atoms with E-state index in [-0.39, 0.29) is 6.61 Å². The summed E-state index contributed by atoms with van der Waals surface area (Å²) in [6.07, 6.45) is 0. The third kappa shape index (κ3) is 3.66. The third-order valence-electron chi connectivity index (χ3n) is 3.18. The van der Waals surface area contributed by atoms with Crippen molar-refractivity contribution in [3.05, 3.63) is 64.7 Å². The monoisotopic (exact) mass is 306 g/mol. The van der Waals surface area contributed by atoms with Gasteiger partial charge in [-0.1, -0.05) is 41.5 Å². The van der Waals surface area contributed by atoms with Crippen LogP contribution in [0.15, 0.2) is 47.4 Å². The standard InChI is InChI=1S/C16H18O2S2/c1-12-5-8-16(9-6-12)20(17,19)18-11-15-10-13(2)4-7-14(15)3/h4-10H,11H2,1-3H3. The average molecular weight is 306 g/mol. The van der Waals surface area contributed by atoms with Gasteiger partial charge in [-0.25, -0.2) is 4.21 Å². The first-order valence-electron chi connectivity index (χ1n) is 6.41. The second-order valence-electron chi connectivity index (χ2n) is 4.96. The van der Waals surface area contributed by atoms with Gasteiger partial charge in [-0.15, -0.1) is 0 Å². The number of hydrogen-bond donors (Lipinski definition) is 0. The Morgan fingerprint density at radius 2 is 1.60 bits per heavy atom. The molecule has 0 N–H and O–H groups in total. The largest absolute Gasteiger partial charge is 0.282 e. The molecular weight excluding hydrogens is 288 g/mol. The molecule has 2 rings (SSSR count). The molecule has 0 aliphatic rings. The fourth-order valence-electron chi connectivity index (χ4n) is 1.87. The van der Waals surface area contributed by atoms with Gasteiger partial charge in [0.25, 0.3) is 0 Å². The van der Waals surface area contributed by atoms with Crippen LogP contribution in [0.3, 0.4) is 0 Å². The Balaban J connectivity index is 2.17. The first kappa shape index (κ1) is 15.2. The van der Waals surface area contributed by atoms with Crippen molar-refractivity contribution >= 4 is 20.0 Å². The molecule has 0 saturated carbocycles. The molecule has 2 nitrogen and oxygen atoms in total. The molecule has 2 aromatic rings. The van der Waals surface area contributed by atoms with Crippen molar-refractivity contribution in [2.45, 2.75) is 32.3 Å². The van der Waals surface area contributed by atoms with Crippen molar-refractivity contribution < 1.29 is 8.39 Å². The van der Waals surface area contributed by atoms with Crippen molar-refractivity contribution in [1.82, 2.24) is 0 Å². The normalized spacial score (nSPS) is 13.9. The van der Waals surface area contributed by atoms with Crippen molar-refractivity contribution in [3.63, 3.8) is 0 Å². The van der Waals surface area contributed by atoms with Gasteiger partial charge in [0.05, 0.1) is 11.5 Å². The van der Waals surface area contributed by atoms with Gasteiger partial charge in [0.15, 0.2) is 8.77 Å². The maximum Gasteiger partial charge on any atom is 0.173 e. The summed E-state index contributed by atoms with van der Waals surface area (Å²) in [4.78, 5) is 0.559. The lowest BCUT2D eigenvalue weighted by molar-refractivity contribution is 0.334. The molecule has 0 fully saturated rings. The SMILES string of the molecule is Cc1ccc(S(=O)(=S)OCc2cc(C)ccc2C)cc1. The van der Waals surface area contributed by atoms with Crippen molar-refractivity contribution in [2.75, 3.05) is 0 Å². The molecule has 1 unspecified atom stereocenters. The molecule has 0 spiro atoms. The van der Waals surface area contributed by atoms with E-state index in [0.29, 0.717) is 4.90 Å². The Labute approximate surface area is 125 Å². The van der Waals surface area contributed by atoms with Crippen LogP contribution in [0, 0.1) is 20.8 Å². The number of aryl methyl sites for hydroxylation is 3. The summed E-state index contributed by atoms with van der Waals surface area (Å²) in [5.41, 5.74) is 4.40. The molecular formula is C16H18O2S2. The van der Waals surface area contributed by atoms with E-state index in [4.69, 9.17) is 15.4 Å². The van der Waals surface area contributed by atoms with E-state index >= 15 is 0 Å². The molecule has 4 heteroatoms. The lowest BCUT2D eigenvalue weighted by Crippen LogP contribution is -2.06. The summed E-state index contributed by atoms with van der Waals surface area (Å²) in [6.45, 7) is 6.28. The van der Waals surface area contributed by atoms with Crippen molar-refractivity contribution in [2.24, 2.45) is 0 Å². The van der Waals surface area contributed by atoms with Gasteiger partial charge in [0, 0.05) is 11.2 Å². The predicted octanol–water partition coefficient (Wildman–Crippen LogP) is 3.85. The van der Waals surface area contributed by atoms with Crippen LogP contribution in [0.1, 0.15) is 22.3 Å². The highest BCUT2D eigenvalue weighted by Gasteiger charge is 2.11. The molecule has 0 amide bonds. The van der Waals surface area contributed by atoms with Crippen LogP contribution in [0.5, 0.6) is 0 Å². The molecule has 2 aromatic carbocycles. The van der Waals surface area contributed by atoms with Crippen LogP contribution in [-0.2, 0) is 30.8 Å². The van der Waals surface area contributed by atoms with Crippen LogP contribution >= 0.6 is 0 Å². The zero-order valence-electron chi connectivity index (χ0n) is 11.9. The first-order valence-corrected chi connectivity index (χ1v) is 8.81. The molecule has 0 radical (unpaired) electrons. The minimum absolute atomic E-state index is 0.268. The zero-order valence-corrected chi connectivity index (χ0v) is 13.5. The highest BCUT2D eigenvalue weighted by molar-refractivity contribution is 8.30. The minimum atomic E-state index is -2.87. The van der Waals surface area contributed by atoms with E-state index < -0.39 is 8.77 Å². The smallest absolute Gasteiger partial charge is 0.173 e. The highest BCUT2D eigenvalue weighted by atomic mass is 32.8. The number of hydrogen-bond acceptors (Lipinski definition) is 3. The fraction of sp³-hybridized carbons (Fsp3) is 0.250. The van der Waals surface area contributed by atoms with E-state index in [1.807, 2.05) is 51.1 Å². The Morgan fingerprint density at radius 1 is 1.00 bits per heavy atom. The van der Waals surface area contributed by atoms with E-state index in [1.54, 1.807) is 12.1 Å². The summed E-state index contributed by atoms with van der Waals surface area (Å²) in [5.74, 6) is 0. The van der Waals surface area contributed by atoms with Crippen molar-refractivity contribution in [3.8, 4) is 0 Å². The van der Waals surface area contributed by atoms with E-state index in [9.17, 15) is 4.21 Å². The number of benzene rings is 2. The second-order valence-corrected chi connectivity index (χ2v) is 7.89. The summed E-state index contributed by atoms with van der Waals surface area (Å²) in [5, 5.41) is 0. The highest BCUT2D eigenvalue weighted by Crippen LogP contribution is 2.18. The Kier molecular flexibility index (Phi) is 4.58. The molecule has 1 atom stereocenters. The maximum absolute atomic E-state index is 12.5. The van der Waals surface area contributed by atoms with Gasteiger partial charge in [0.2, 0.25) is 0 Å². The molecule has 0 saturated heterocycles. The van der Waals surface area contributed by atoms with Gasteiger partial charge >= 0.3 is 0 Å². The lowest BCUT2D eigenvalue weighted by Gasteiger charge is -2.11. The van der Waals surface area contributed by atoms with Gasteiger partial charge in [-0.3, -0.25) is 4.18 Å². The predicted molar refractivity (Wildman–Crippen MR) is 85.7 cm³/mol. The quantitative estimate of drug-likeness (QED) is 0.858. The zero-order chi connectivity index (χ0) is 14.8. The molecule has 0 aromatic heterocycles. The van der Waals surface area contributed by atoms with Gasteiger partial charge in [-0.2, -0.15) is 0 Å². The molecule has 106 valence electrons. The van der Waals surface area contributed by atoms with Crippen LogP contribution in [0.2, 0.25) is 0 Å². The summed E-state index contributed by atoms with van der Waals surface area (Å²) in [6, 6.07) is 13.4. The molecule has 0 heterocycles. The Bertz CT molecular complexity index is 702.